The van der Waals surface area contributed by atoms with Gasteiger partial charge in [-0.15, -0.1) is 0 Å². The van der Waals surface area contributed by atoms with Crippen molar-refractivity contribution in [1.29, 1.82) is 0 Å². The molecule has 3 aromatic carbocycles. The smallest absolute Gasteiger partial charge is 0.338 e. The fraction of sp³-hybridized carbons (Fsp3) is 0.242. The van der Waals surface area contributed by atoms with Crippen molar-refractivity contribution in [3.63, 3.8) is 0 Å². The average molecular weight is 842 g/mol. The third-order valence-corrected chi connectivity index (χ3v) is 9.89. The number of para-hydroxylation sites is 1. The molecule has 0 N–H and O–H groups in total. The van der Waals surface area contributed by atoms with E-state index in [-0.39, 0.29) is 18.3 Å². The summed E-state index contributed by atoms with van der Waals surface area (Å²) in [5.74, 6) is 0.725. The van der Waals surface area contributed by atoms with Crippen LogP contribution in [0.1, 0.15) is 50.4 Å². The summed E-state index contributed by atoms with van der Waals surface area (Å²) >= 11 is 19.3. The van der Waals surface area contributed by atoms with Crippen LogP contribution in [-0.2, 0) is 16.1 Å². The Kier molecular flexibility index (Phi) is 10.8. The van der Waals surface area contributed by atoms with Gasteiger partial charge >= 0.3 is 5.97 Å². The van der Waals surface area contributed by atoms with Crippen molar-refractivity contribution in [2.75, 3.05) is 6.61 Å². The average Bonchev–Trinajstić information content (AvgIpc) is 3.27. The molecule has 0 saturated heterocycles. The summed E-state index contributed by atoms with van der Waals surface area (Å²) in [7, 11) is 0. The van der Waals surface area contributed by atoms with Gasteiger partial charge in [0, 0.05) is 5.56 Å². The van der Waals surface area contributed by atoms with Crippen LogP contribution < -0.4 is 24.4 Å². The van der Waals surface area contributed by atoms with Crippen LogP contribution in [0.2, 0.25) is 10.0 Å². The molecule has 234 valence electrons. The minimum atomic E-state index is -0.776. The van der Waals surface area contributed by atoms with Crippen LogP contribution >= 0.6 is 73.1 Å². The molecule has 1 aliphatic heterocycles. The molecule has 1 aliphatic rings. The highest BCUT2D eigenvalue weighted by Gasteiger charge is 2.35. The first-order chi connectivity index (χ1) is 21.5. The van der Waals surface area contributed by atoms with Gasteiger partial charge in [-0.3, -0.25) is 9.36 Å². The van der Waals surface area contributed by atoms with Crippen LogP contribution in [0.5, 0.6) is 11.5 Å². The molecule has 0 amide bonds. The largest absolute Gasteiger partial charge is 0.491 e. The highest BCUT2D eigenvalue weighted by atomic mass is 127. The molecule has 2 heterocycles. The molecule has 4 aromatic rings. The van der Waals surface area contributed by atoms with Crippen molar-refractivity contribution in [3.8, 4) is 11.5 Å². The Morgan fingerprint density at radius 2 is 1.91 bits per heavy atom. The second-order valence-corrected chi connectivity index (χ2v) is 14.2. The number of benzene rings is 3. The molecule has 0 fully saturated rings. The quantitative estimate of drug-likeness (QED) is 0.127. The molecule has 0 spiro atoms. The van der Waals surface area contributed by atoms with Crippen LogP contribution in [0, 0.1) is 3.57 Å². The number of carbonyl (C=O) groups is 1. The second-order valence-electron chi connectivity index (χ2n) is 10.4. The first kappa shape index (κ1) is 33.7. The summed E-state index contributed by atoms with van der Waals surface area (Å²) < 4.78 is 21.3. The highest BCUT2D eigenvalue weighted by Crippen LogP contribution is 2.37. The SMILES string of the molecule is CCOC(=O)C1=C(C)N=c2s/c(=C/c3cc(Br)c(OCc4ccc(Cl)c(Cl)c4)c(I)c3)c(=O)n2[C@@H]1c1ccccc1OC(C)C. The third-order valence-electron chi connectivity index (χ3n) is 6.78. The van der Waals surface area contributed by atoms with Gasteiger partial charge in [0.1, 0.15) is 24.1 Å². The lowest BCUT2D eigenvalue weighted by molar-refractivity contribution is -0.139. The van der Waals surface area contributed by atoms with E-state index >= 15 is 0 Å². The van der Waals surface area contributed by atoms with Gasteiger partial charge in [-0.05, 0) is 114 Å². The van der Waals surface area contributed by atoms with E-state index in [1.54, 1.807) is 30.5 Å². The highest BCUT2D eigenvalue weighted by molar-refractivity contribution is 14.1. The van der Waals surface area contributed by atoms with E-state index in [9.17, 15) is 9.59 Å². The first-order valence-corrected chi connectivity index (χ1v) is 17.4. The number of allylic oxidation sites excluding steroid dienone is 1. The fourth-order valence-corrected chi connectivity index (χ4v) is 8.03. The summed E-state index contributed by atoms with van der Waals surface area (Å²) in [4.78, 5) is 32.6. The lowest BCUT2D eigenvalue weighted by Gasteiger charge is -2.26. The molecule has 0 bridgehead atoms. The Labute approximate surface area is 296 Å². The van der Waals surface area contributed by atoms with Gasteiger partial charge < -0.3 is 14.2 Å². The molecule has 12 heteroatoms. The number of aromatic nitrogens is 1. The number of carbonyl (C=O) groups excluding carboxylic acids is 1. The van der Waals surface area contributed by atoms with Crippen LogP contribution in [0.4, 0.5) is 0 Å². The molecule has 0 saturated carbocycles. The summed E-state index contributed by atoms with van der Waals surface area (Å²) in [5, 5.41) is 0.948. The predicted molar refractivity (Wildman–Crippen MR) is 190 cm³/mol. The van der Waals surface area contributed by atoms with Crippen LogP contribution in [-0.4, -0.2) is 23.2 Å². The Morgan fingerprint density at radius 1 is 1.16 bits per heavy atom. The zero-order valence-electron chi connectivity index (χ0n) is 24.7. The number of nitrogens with zero attached hydrogens (tertiary/aromatic N) is 2. The number of fused-ring (bicyclic) bond motifs is 1. The Bertz CT molecular complexity index is 1980. The minimum absolute atomic E-state index is 0.116. The van der Waals surface area contributed by atoms with E-state index in [1.165, 1.54) is 11.3 Å². The molecule has 1 atom stereocenters. The molecule has 0 radical (unpaired) electrons. The fourth-order valence-electron chi connectivity index (χ4n) is 4.89. The van der Waals surface area contributed by atoms with Crippen molar-refractivity contribution in [3.05, 3.63) is 120 Å². The zero-order chi connectivity index (χ0) is 32.4. The number of ether oxygens (including phenoxy) is 3. The standard InChI is InChI=1S/C33H28BrCl2IN2O5S/c1-5-42-32(41)28-18(4)38-33-39(29(28)21-8-6-7-9-26(21)44-17(2)3)31(40)27(45-33)15-20-12-22(34)30(25(37)14-20)43-16-19-10-11-23(35)24(36)13-19/h6-15,17,29H,5,16H2,1-4H3/b27-15+/t29-/m1/s1. The van der Waals surface area contributed by atoms with E-state index in [0.29, 0.717) is 54.3 Å². The first-order valence-electron chi connectivity index (χ1n) is 14.0. The van der Waals surface area contributed by atoms with Gasteiger partial charge in [0.2, 0.25) is 0 Å². The van der Waals surface area contributed by atoms with Gasteiger partial charge in [0.25, 0.3) is 5.56 Å². The molecule has 1 aromatic heterocycles. The maximum atomic E-state index is 14.1. The summed E-state index contributed by atoms with van der Waals surface area (Å²) in [6.45, 7) is 7.86. The Morgan fingerprint density at radius 3 is 2.60 bits per heavy atom. The molecule has 0 unspecified atom stereocenters. The second kappa shape index (κ2) is 14.4. The van der Waals surface area contributed by atoms with Crippen molar-refractivity contribution in [2.24, 2.45) is 4.99 Å². The summed E-state index contributed by atoms with van der Waals surface area (Å²) in [6, 6.07) is 15.9. The number of hydrogen-bond acceptors (Lipinski definition) is 7. The molecular formula is C33H28BrCl2IN2O5S. The molecule has 45 heavy (non-hydrogen) atoms. The molecule has 7 nitrogen and oxygen atoms in total. The van der Waals surface area contributed by atoms with E-state index < -0.39 is 12.0 Å². The van der Waals surface area contributed by atoms with Gasteiger partial charge in [0.15, 0.2) is 4.80 Å². The normalized spacial score (nSPS) is 14.8. The van der Waals surface area contributed by atoms with Gasteiger partial charge in [-0.2, -0.15) is 0 Å². The number of esters is 1. The van der Waals surface area contributed by atoms with Crippen LogP contribution in [0.15, 0.2) is 80.1 Å². The predicted octanol–water partition coefficient (Wildman–Crippen LogP) is 7.84. The van der Waals surface area contributed by atoms with Gasteiger partial charge in [-0.25, -0.2) is 9.79 Å². The number of thiazole rings is 1. The van der Waals surface area contributed by atoms with E-state index in [2.05, 4.69) is 43.5 Å². The Balaban J connectivity index is 1.57. The van der Waals surface area contributed by atoms with E-state index in [4.69, 9.17) is 37.4 Å². The van der Waals surface area contributed by atoms with E-state index in [0.717, 1.165) is 19.2 Å². The van der Waals surface area contributed by atoms with Crippen molar-refractivity contribution < 1.29 is 19.0 Å². The van der Waals surface area contributed by atoms with Crippen LogP contribution in [0.25, 0.3) is 6.08 Å². The lowest BCUT2D eigenvalue weighted by Crippen LogP contribution is -2.40. The van der Waals surface area contributed by atoms with Crippen molar-refractivity contribution in [1.82, 2.24) is 4.57 Å². The Hall–Kier alpha value is -2.64. The van der Waals surface area contributed by atoms with Crippen molar-refractivity contribution in [2.45, 2.75) is 46.4 Å². The zero-order valence-corrected chi connectivity index (χ0v) is 30.8. The monoisotopic (exact) mass is 840 g/mol. The lowest BCUT2D eigenvalue weighted by atomic mass is 9.95. The number of hydrogen-bond donors (Lipinski definition) is 0. The van der Waals surface area contributed by atoms with Crippen LogP contribution in [0.3, 0.4) is 0 Å². The van der Waals surface area contributed by atoms with Crippen molar-refractivity contribution >= 4 is 85.1 Å². The maximum Gasteiger partial charge on any atom is 0.338 e. The molecular weight excluding hydrogens is 814 g/mol. The maximum absolute atomic E-state index is 14.1. The topological polar surface area (TPSA) is 79.1 Å². The summed E-state index contributed by atoms with van der Waals surface area (Å²) in [5.41, 5.74) is 2.87. The van der Waals surface area contributed by atoms with E-state index in [1.807, 2.05) is 62.4 Å². The number of halogens is 4. The van der Waals surface area contributed by atoms with Gasteiger partial charge in [0.05, 0.1) is 46.6 Å². The minimum Gasteiger partial charge on any atom is -0.491 e. The number of rotatable bonds is 9. The van der Waals surface area contributed by atoms with Gasteiger partial charge in [-0.1, -0.05) is 58.8 Å². The summed E-state index contributed by atoms with van der Waals surface area (Å²) in [6.07, 6.45) is 1.70. The third kappa shape index (κ3) is 7.35. The molecule has 5 rings (SSSR count). The molecule has 0 aliphatic carbocycles.